The summed E-state index contributed by atoms with van der Waals surface area (Å²) in [6.07, 6.45) is 7.21. The van der Waals surface area contributed by atoms with E-state index >= 15 is 0 Å². The lowest BCUT2D eigenvalue weighted by molar-refractivity contribution is 0.0691. The summed E-state index contributed by atoms with van der Waals surface area (Å²) >= 11 is 11.1. The number of rotatable bonds is 11. The summed E-state index contributed by atoms with van der Waals surface area (Å²) < 4.78 is 25.0. The van der Waals surface area contributed by atoms with Crippen LogP contribution in [-0.4, -0.2) is 51.7 Å². The zero-order valence-electron chi connectivity index (χ0n) is 51.3. The second-order valence-electron chi connectivity index (χ2n) is 25.6. The summed E-state index contributed by atoms with van der Waals surface area (Å²) in [5.74, 6) is -1.39. The Bertz CT molecular complexity index is 5770. The molecule has 4 unspecified atom stereocenters. The van der Waals surface area contributed by atoms with Gasteiger partial charge in [0.25, 0.3) is 0 Å². The second kappa shape index (κ2) is 22.3. The molecule has 10 heterocycles. The molecule has 2 aliphatic heterocycles. The van der Waals surface area contributed by atoms with Crippen molar-refractivity contribution in [3.63, 3.8) is 0 Å². The number of carbonyl (C=O) groups is 2. The van der Waals surface area contributed by atoms with Gasteiger partial charge in [0.1, 0.15) is 44.0 Å². The molecule has 98 heavy (non-hydrogen) atoms. The highest BCUT2D eigenvalue weighted by Gasteiger charge is 2.44. The first-order valence-corrected chi connectivity index (χ1v) is 38.5. The summed E-state index contributed by atoms with van der Waals surface area (Å²) in [6, 6.07) is 66.1. The minimum absolute atomic E-state index is 0.0547. The minimum atomic E-state index is -1.21. The molecule has 2 fully saturated rings. The molecule has 2 aliphatic carbocycles. The van der Waals surface area contributed by atoms with Crippen LogP contribution in [0.2, 0.25) is 0 Å². The third-order valence-corrected chi connectivity index (χ3v) is 28.8. The number of carboxylic acid groups (broad SMARTS) is 2. The molecule has 2 saturated carbocycles. The van der Waals surface area contributed by atoms with Crippen LogP contribution < -0.4 is 9.80 Å². The predicted molar refractivity (Wildman–Crippen MR) is 405 cm³/mol. The van der Waals surface area contributed by atoms with Gasteiger partial charge in [0.05, 0.1) is 34.6 Å². The van der Waals surface area contributed by atoms with E-state index in [2.05, 4.69) is 168 Å². The first-order chi connectivity index (χ1) is 48.1. The summed E-state index contributed by atoms with van der Waals surface area (Å²) in [5.41, 5.74) is 20.5. The van der Waals surface area contributed by atoms with Crippen molar-refractivity contribution in [1.82, 2.24) is 17.5 Å². The number of aromatic nitrogens is 4. The third-order valence-electron chi connectivity index (χ3n) is 20.5. The molecular weight excluding hydrogens is 1370 g/mol. The Balaban J connectivity index is 0.660. The van der Waals surface area contributed by atoms with Gasteiger partial charge in [0.15, 0.2) is 0 Å². The Labute approximate surface area is 591 Å². The van der Waals surface area contributed by atoms with E-state index in [-0.39, 0.29) is 20.9 Å². The monoisotopic (exact) mass is 1410 g/mol. The Morgan fingerprint density at radius 2 is 0.796 bits per heavy atom. The zero-order valence-corrected chi connectivity index (χ0v) is 57.8. The summed E-state index contributed by atoms with van der Waals surface area (Å²) in [5, 5.41) is 43.8. The average Bonchev–Trinajstić information content (AvgIpc) is 1.57. The van der Waals surface area contributed by atoms with Crippen LogP contribution in [0.4, 0.5) is 22.7 Å². The molecule has 0 radical (unpaired) electrons. The van der Waals surface area contributed by atoms with Crippen molar-refractivity contribution in [2.24, 2.45) is 0 Å². The number of para-hydroxylation sites is 2. The number of fused-ring (bicyclic) bond motifs is 12. The van der Waals surface area contributed by atoms with Crippen LogP contribution in [0.1, 0.15) is 92.0 Å². The molecule has 0 amide bonds. The first kappa shape index (κ1) is 58.3. The lowest BCUT2D eigenvalue weighted by atomic mass is 9.94. The van der Waals surface area contributed by atoms with Gasteiger partial charge in [-0.1, -0.05) is 97.8 Å². The van der Waals surface area contributed by atoms with Crippen LogP contribution in [0.25, 0.3) is 136 Å². The fourth-order valence-corrected chi connectivity index (χ4v) is 24.5. The fourth-order valence-electron chi connectivity index (χ4n) is 16.3. The van der Waals surface area contributed by atoms with Crippen LogP contribution in [0, 0.1) is 22.7 Å². The average molecular weight is 1420 g/mol. The summed E-state index contributed by atoms with van der Waals surface area (Å²) in [6.45, 7) is 0. The van der Waals surface area contributed by atoms with E-state index in [1.165, 1.54) is 95.9 Å². The lowest BCUT2D eigenvalue weighted by Crippen LogP contribution is -2.26. The number of anilines is 4. The first-order valence-electron chi connectivity index (χ1n) is 32.2. The molecule has 470 valence electrons. The number of nitriles is 2. The van der Waals surface area contributed by atoms with Crippen LogP contribution in [-0.2, 0) is 0 Å². The number of thiophene rings is 6. The van der Waals surface area contributed by atoms with Crippen molar-refractivity contribution in [2.45, 2.75) is 62.4 Å². The molecule has 8 aromatic heterocycles. The number of aromatic carboxylic acids is 2. The number of carboxylic acids is 2. The quantitative estimate of drug-likeness (QED) is 0.125. The van der Waals surface area contributed by atoms with Crippen molar-refractivity contribution in [3.05, 3.63) is 202 Å². The molecule has 20 heteroatoms. The number of hydrogen-bond acceptors (Lipinski definition) is 18. The van der Waals surface area contributed by atoms with Crippen LogP contribution in [0.3, 0.4) is 0 Å². The van der Waals surface area contributed by atoms with Crippen molar-refractivity contribution in [3.8, 4) is 87.3 Å². The molecular formula is C78H46N8O4S8. The zero-order chi connectivity index (χ0) is 65.3. The van der Waals surface area contributed by atoms with Crippen molar-refractivity contribution in [2.75, 3.05) is 9.80 Å². The SMILES string of the molecule is N#Cc1c(C(=O)O)sc2c(-c3cc(-c4cc5sc(-c6ccc(-c7ccc8c(c7)N(c7ccccc7)C7CCCC87)c7nsnc67)cc5s4)cc4c(C#N)c(C(=O)O)sc34)cc(-c3cc4sc(-c5ccc(-c6ccc7c(c6)N(c6ccccc6)C6CCCC76)c6nsnc56)cc4s3)cc12. The molecule has 20 rings (SSSR count). The van der Waals surface area contributed by atoms with Gasteiger partial charge >= 0.3 is 11.9 Å². The van der Waals surface area contributed by atoms with Gasteiger partial charge in [-0.3, -0.25) is 0 Å². The highest BCUT2D eigenvalue weighted by atomic mass is 32.1. The van der Waals surface area contributed by atoms with E-state index in [0.29, 0.717) is 55.2 Å². The fraction of sp³-hybridized carbons (Fsp3) is 0.128. The Morgan fingerprint density at radius 1 is 0.408 bits per heavy atom. The number of hydrogen-bond donors (Lipinski definition) is 2. The van der Waals surface area contributed by atoms with Gasteiger partial charge in [0.2, 0.25) is 0 Å². The van der Waals surface area contributed by atoms with Gasteiger partial charge in [-0.15, -0.1) is 68.0 Å². The normalized spacial score (nSPS) is 17.0. The van der Waals surface area contributed by atoms with E-state index in [1.807, 2.05) is 24.3 Å². The smallest absolute Gasteiger partial charge is 0.347 e. The molecule has 0 saturated heterocycles. The molecule has 0 bridgehead atoms. The Kier molecular flexibility index (Phi) is 13.3. The molecule has 8 aromatic carbocycles. The van der Waals surface area contributed by atoms with Gasteiger partial charge < -0.3 is 20.0 Å². The standard InChI is InChI=1S/C78H46N8O4S8/c79-35-55-53-27-39(61-31-65-67(91-61)33-63(93-65)49-23-21-43(69-71(49)83-97-81-69)37-17-19-47-45-13-7-15-57(45)85(59(47)29-37)41-9-3-1-4-10-41)25-51(73(53)95-75(55)77(87)88)52-26-40(28-54-56(36-80)76(78(89)90)96-74(52)54)62-32-66-68(92-62)34-64(94-66)50-24-22-44(70-72(50)84-98-82-70)38-18-20-48-46-14-8-16-58(46)86(60(48)30-38)42-11-5-2-6-12-42/h1-6,9-12,17-34,45-46,57-58H,7-8,13-16H2,(H,87,88)(H,89,90). The highest BCUT2D eigenvalue weighted by molar-refractivity contribution is 7.32. The molecule has 4 aliphatic rings. The lowest BCUT2D eigenvalue weighted by Gasteiger charge is -2.27. The maximum atomic E-state index is 13.0. The Hall–Kier alpha value is -9.84. The molecule has 12 nitrogen and oxygen atoms in total. The summed E-state index contributed by atoms with van der Waals surface area (Å²) in [4.78, 5) is 35.0. The van der Waals surface area contributed by atoms with Gasteiger partial charge in [-0.25, -0.2) is 9.59 Å². The van der Waals surface area contributed by atoms with E-state index in [0.717, 1.165) is 128 Å². The molecule has 4 atom stereocenters. The predicted octanol–water partition coefficient (Wildman–Crippen LogP) is 23.1. The second-order valence-corrected chi connectivity index (χ2v) is 33.0. The van der Waals surface area contributed by atoms with Gasteiger partial charge in [-0.05, 0) is 144 Å². The number of nitrogens with zero attached hydrogens (tertiary/aromatic N) is 8. The third kappa shape index (κ3) is 8.82. The molecule has 16 aromatic rings. The minimum Gasteiger partial charge on any atom is -0.477 e. The Morgan fingerprint density at radius 3 is 1.20 bits per heavy atom. The van der Waals surface area contributed by atoms with Gasteiger partial charge in [0, 0.05) is 139 Å². The molecule has 2 N–H and O–H groups in total. The largest absolute Gasteiger partial charge is 0.477 e. The van der Waals surface area contributed by atoms with Crippen molar-refractivity contribution >= 4 is 187 Å². The maximum Gasteiger partial charge on any atom is 0.347 e. The van der Waals surface area contributed by atoms with Crippen molar-refractivity contribution < 1.29 is 19.8 Å². The molecule has 0 spiro atoms. The van der Waals surface area contributed by atoms with E-state index in [4.69, 9.17) is 17.5 Å². The van der Waals surface area contributed by atoms with Gasteiger partial charge in [-0.2, -0.15) is 28.0 Å². The highest BCUT2D eigenvalue weighted by Crippen LogP contribution is 2.57. The maximum absolute atomic E-state index is 13.0. The van der Waals surface area contributed by atoms with E-state index < -0.39 is 11.9 Å². The van der Waals surface area contributed by atoms with Crippen LogP contribution in [0.15, 0.2) is 170 Å². The van der Waals surface area contributed by atoms with Crippen LogP contribution in [0.5, 0.6) is 0 Å². The van der Waals surface area contributed by atoms with E-state index in [9.17, 15) is 30.3 Å². The number of benzene rings is 8. The van der Waals surface area contributed by atoms with E-state index in [1.54, 1.807) is 45.3 Å². The van der Waals surface area contributed by atoms with Crippen LogP contribution >= 0.6 is 91.5 Å². The summed E-state index contributed by atoms with van der Waals surface area (Å²) in [7, 11) is 0. The topological polar surface area (TPSA) is 180 Å². The van der Waals surface area contributed by atoms with Crippen molar-refractivity contribution in [1.29, 1.82) is 10.5 Å².